The quantitative estimate of drug-likeness (QED) is 0.230. The molecule has 0 aliphatic heterocycles. The number of carbonyl (C=O) groups excluding carboxylic acids is 1. The van der Waals surface area contributed by atoms with Crippen LogP contribution in [0.15, 0.2) is 12.3 Å². The lowest BCUT2D eigenvalue weighted by Gasteiger charge is -2.42. The van der Waals surface area contributed by atoms with Crippen LogP contribution in [0.5, 0.6) is 0 Å². The van der Waals surface area contributed by atoms with Crippen LogP contribution in [0.1, 0.15) is 72.8 Å². The molecule has 0 aliphatic carbocycles. The van der Waals surface area contributed by atoms with E-state index in [1.807, 2.05) is 0 Å². The van der Waals surface area contributed by atoms with E-state index in [-0.39, 0.29) is 11.4 Å². The van der Waals surface area contributed by atoms with Crippen LogP contribution in [-0.2, 0) is 15.7 Å². The molecule has 0 N–H and O–H groups in total. The summed E-state index contributed by atoms with van der Waals surface area (Å²) in [7, 11) is -2.04. The van der Waals surface area contributed by atoms with E-state index in [9.17, 15) is 14.9 Å². The lowest BCUT2D eigenvalue weighted by Crippen LogP contribution is -2.48. The smallest absolute Gasteiger partial charge is 0.355 e. The molecule has 0 saturated heterocycles. The van der Waals surface area contributed by atoms with Crippen molar-refractivity contribution >= 4 is 20.0 Å². The Balaban J connectivity index is 3.08. The van der Waals surface area contributed by atoms with E-state index in [1.54, 1.807) is 25.3 Å². The SMILES string of the molecule is CC(C)[Si](OCCn1cc([N+](=O)[O-])cc1C(=O)OC(C)(C)C)(C(C)C)C(C)C. The summed E-state index contributed by atoms with van der Waals surface area (Å²) in [5, 5.41) is 11.2. The Labute approximate surface area is 169 Å². The summed E-state index contributed by atoms with van der Waals surface area (Å²) >= 11 is 0. The maximum absolute atomic E-state index is 12.5. The van der Waals surface area contributed by atoms with Gasteiger partial charge < -0.3 is 13.7 Å². The Hall–Kier alpha value is -1.67. The average molecular weight is 413 g/mol. The van der Waals surface area contributed by atoms with Crippen molar-refractivity contribution in [2.45, 2.75) is 91.1 Å². The first-order chi connectivity index (χ1) is 12.7. The molecule has 0 atom stereocenters. The van der Waals surface area contributed by atoms with Crippen LogP contribution < -0.4 is 0 Å². The summed E-state index contributed by atoms with van der Waals surface area (Å²) in [4.78, 5) is 23.2. The highest BCUT2D eigenvalue weighted by Gasteiger charge is 2.44. The second-order valence-electron chi connectivity index (χ2n) is 9.20. The number of hydrogen-bond acceptors (Lipinski definition) is 5. The van der Waals surface area contributed by atoms with Crippen molar-refractivity contribution < 1.29 is 18.9 Å². The van der Waals surface area contributed by atoms with Crippen molar-refractivity contribution in [1.82, 2.24) is 4.57 Å². The van der Waals surface area contributed by atoms with Crippen LogP contribution in [0, 0.1) is 10.1 Å². The highest BCUT2D eigenvalue weighted by molar-refractivity contribution is 6.77. The maximum atomic E-state index is 12.5. The number of carbonyl (C=O) groups is 1. The first kappa shape index (κ1) is 24.4. The Morgan fingerprint density at radius 1 is 1.14 bits per heavy atom. The zero-order chi connectivity index (χ0) is 21.9. The van der Waals surface area contributed by atoms with Gasteiger partial charge in [-0.15, -0.1) is 0 Å². The molecule has 0 aliphatic rings. The number of nitrogens with zero attached hydrogens (tertiary/aromatic N) is 2. The molecule has 28 heavy (non-hydrogen) atoms. The minimum absolute atomic E-state index is 0.124. The van der Waals surface area contributed by atoms with E-state index in [4.69, 9.17) is 9.16 Å². The first-order valence-corrected chi connectivity index (χ1v) is 12.1. The van der Waals surface area contributed by atoms with E-state index >= 15 is 0 Å². The molecule has 7 nitrogen and oxygen atoms in total. The van der Waals surface area contributed by atoms with Crippen LogP contribution in [0.25, 0.3) is 0 Å². The first-order valence-electron chi connectivity index (χ1n) is 9.94. The van der Waals surface area contributed by atoms with Crippen LogP contribution in [0.3, 0.4) is 0 Å². The van der Waals surface area contributed by atoms with Gasteiger partial charge in [-0.1, -0.05) is 41.5 Å². The van der Waals surface area contributed by atoms with Crippen molar-refractivity contribution in [3.63, 3.8) is 0 Å². The second kappa shape index (κ2) is 9.22. The molecule has 1 aromatic rings. The van der Waals surface area contributed by atoms with Gasteiger partial charge in [0.25, 0.3) is 5.69 Å². The molecule has 0 aromatic carbocycles. The fourth-order valence-corrected chi connectivity index (χ4v) is 9.55. The Morgan fingerprint density at radius 2 is 1.64 bits per heavy atom. The summed E-state index contributed by atoms with van der Waals surface area (Å²) in [6.07, 6.45) is 1.38. The Kier molecular flexibility index (Phi) is 8.02. The second-order valence-corrected chi connectivity index (χ2v) is 14.7. The van der Waals surface area contributed by atoms with Gasteiger partial charge in [0.2, 0.25) is 0 Å². The Bertz CT molecular complexity index is 667. The third-order valence-electron chi connectivity index (χ3n) is 5.09. The molecular formula is C20H36N2O5Si. The molecule has 0 spiro atoms. The molecule has 160 valence electrons. The average Bonchev–Trinajstić information content (AvgIpc) is 2.93. The molecule has 1 aromatic heterocycles. The Morgan fingerprint density at radius 3 is 2.04 bits per heavy atom. The number of esters is 1. The fraction of sp³-hybridized carbons (Fsp3) is 0.750. The predicted octanol–water partition coefficient (Wildman–Crippen LogP) is 5.54. The number of ether oxygens (including phenoxy) is 1. The van der Waals surface area contributed by atoms with Crippen LogP contribution in [-0.4, -0.2) is 36.0 Å². The van der Waals surface area contributed by atoms with Gasteiger partial charge in [0.1, 0.15) is 11.3 Å². The largest absolute Gasteiger partial charge is 0.455 e. The number of nitro groups is 1. The summed E-state index contributed by atoms with van der Waals surface area (Å²) in [6, 6.07) is 1.27. The molecule has 1 rings (SSSR count). The monoisotopic (exact) mass is 412 g/mol. The lowest BCUT2D eigenvalue weighted by molar-refractivity contribution is -0.384. The van der Waals surface area contributed by atoms with Gasteiger partial charge in [-0.05, 0) is 37.4 Å². The van der Waals surface area contributed by atoms with E-state index in [2.05, 4.69) is 41.5 Å². The zero-order valence-electron chi connectivity index (χ0n) is 18.7. The van der Waals surface area contributed by atoms with Crippen LogP contribution in [0.4, 0.5) is 5.69 Å². The van der Waals surface area contributed by atoms with Gasteiger partial charge in [0.15, 0.2) is 8.32 Å². The van der Waals surface area contributed by atoms with Gasteiger partial charge in [0, 0.05) is 12.6 Å². The summed E-state index contributed by atoms with van der Waals surface area (Å²) in [5.41, 5.74) is 0.703. The van der Waals surface area contributed by atoms with Crippen molar-refractivity contribution in [2.24, 2.45) is 0 Å². The molecular weight excluding hydrogens is 376 g/mol. The summed E-state index contributed by atoms with van der Waals surface area (Å²) < 4.78 is 13.5. The van der Waals surface area contributed by atoms with Crippen LogP contribution >= 0.6 is 0 Å². The summed E-state index contributed by atoms with van der Waals surface area (Å²) in [5.74, 6) is -0.569. The van der Waals surface area contributed by atoms with E-state index < -0.39 is 24.8 Å². The van der Waals surface area contributed by atoms with E-state index in [0.29, 0.717) is 29.8 Å². The lowest BCUT2D eigenvalue weighted by atomic mass is 10.2. The molecule has 0 radical (unpaired) electrons. The van der Waals surface area contributed by atoms with E-state index in [0.717, 1.165) is 0 Å². The van der Waals surface area contributed by atoms with Crippen molar-refractivity contribution in [1.29, 1.82) is 0 Å². The molecule has 0 saturated carbocycles. The predicted molar refractivity (Wildman–Crippen MR) is 113 cm³/mol. The van der Waals surface area contributed by atoms with Gasteiger partial charge in [-0.3, -0.25) is 10.1 Å². The number of rotatable bonds is 9. The van der Waals surface area contributed by atoms with Gasteiger partial charge in [0.05, 0.1) is 17.7 Å². The fourth-order valence-electron chi connectivity index (χ4n) is 4.10. The third kappa shape index (κ3) is 5.67. The number of hydrogen-bond donors (Lipinski definition) is 0. The third-order valence-corrected chi connectivity index (χ3v) is 11.2. The van der Waals surface area contributed by atoms with Gasteiger partial charge >= 0.3 is 5.97 Å². The molecule has 1 heterocycles. The van der Waals surface area contributed by atoms with Crippen molar-refractivity contribution in [3.8, 4) is 0 Å². The van der Waals surface area contributed by atoms with Crippen LogP contribution in [0.2, 0.25) is 16.6 Å². The molecule has 0 amide bonds. The highest BCUT2D eigenvalue weighted by Crippen LogP contribution is 2.42. The molecule has 0 fully saturated rings. The van der Waals surface area contributed by atoms with Gasteiger partial charge in [-0.25, -0.2) is 4.79 Å². The van der Waals surface area contributed by atoms with Gasteiger partial charge in [-0.2, -0.15) is 0 Å². The standard InChI is InChI=1S/C20H36N2O5Si/c1-14(2)28(15(3)4,16(5)6)26-11-10-21-13-17(22(24)25)12-18(21)19(23)27-20(7,8)9/h12-16H,10-11H2,1-9H3. The summed E-state index contributed by atoms with van der Waals surface area (Å²) in [6.45, 7) is 19.3. The molecule has 0 bridgehead atoms. The van der Waals surface area contributed by atoms with E-state index in [1.165, 1.54) is 12.3 Å². The number of aromatic nitrogens is 1. The minimum Gasteiger partial charge on any atom is -0.455 e. The maximum Gasteiger partial charge on any atom is 0.355 e. The van der Waals surface area contributed by atoms with Crippen molar-refractivity contribution in [3.05, 3.63) is 28.1 Å². The minimum atomic E-state index is -2.04. The normalized spacial score (nSPS) is 12.9. The molecule has 8 heteroatoms. The zero-order valence-corrected chi connectivity index (χ0v) is 19.7. The highest BCUT2D eigenvalue weighted by atomic mass is 28.4. The topological polar surface area (TPSA) is 83.6 Å². The molecule has 0 unspecified atom stereocenters. The van der Waals surface area contributed by atoms with Crippen molar-refractivity contribution in [2.75, 3.05) is 6.61 Å².